The van der Waals surface area contributed by atoms with E-state index in [-0.39, 0.29) is 18.1 Å². The molecule has 0 saturated carbocycles. The molecule has 0 spiro atoms. The fraction of sp³-hybridized carbons (Fsp3) is 0.154. The molecule has 2 amide bonds. The molecule has 1 heterocycles. The van der Waals surface area contributed by atoms with Gasteiger partial charge in [-0.3, -0.25) is 14.5 Å². The summed E-state index contributed by atoms with van der Waals surface area (Å²) in [5, 5.41) is 3.14. The summed E-state index contributed by atoms with van der Waals surface area (Å²) in [6.45, 7) is 0.148. The fourth-order valence-electron chi connectivity index (χ4n) is 3.68. The van der Waals surface area contributed by atoms with Gasteiger partial charge >= 0.3 is 0 Å². The molecule has 7 heteroatoms. The van der Waals surface area contributed by atoms with Crippen LogP contribution in [-0.2, 0) is 16.1 Å². The number of carbonyl (C=O) groups is 2. The Hall–Kier alpha value is -4.26. The first-order chi connectivity index (χ1) is 16.0. The number of imide groups is 1. The molecule has 7 nitrogen and oxygen atoms in total. The number of methoxy groups -OCH3 is 3. The van der Waals surface area contributed by atoms with E-state index in [1.807, 2.05) is 42.5 Å². The van der Waals surface area contributed by atoms with E-state index in [0.717, 1.165) is 5.56 Å². The van der Waals surface area contributed by atoms with E-state index in [0.29, 0.717) is 34.1 Å². The Morgan fingerprint density at radius 3 is 2.09 bits per heavy atom. The second kappa shape index (κ2) is 9.48. The van der Waals surface area contributed by atoms with Crippen molar-refractivity contribution in [1.29, 1.82) is 0 Å². The molecule has 0 bridgehead atoms. The van der Waals surface area contributed by atoms with Crippen molar-refractivity contribution < 1.29 is 23.8 Å². The Balaban J connectivity index is 1.70. The molecule has 3 aromatic carbocycles. The minimum absolute atomic E-state index is 0.148. The third-order valence-electron chi connectivity index (χ3n) is 5.38. The highest BCUT2D eigenvalue weighted by atomic mass is 16.5. The minimum Gasteiger partial charge on any atom is -0.497 e. The summed E-state index contributed by atoms with van der Waals surface area (Å²) in [6, 6.07) is 21.6. The molecule has 1 aliphatic heterocycles. The zero-order valence-electron chi connectivity index (χ0n) is 18.6. The minimum atomic E-state index is -0.399. The van der Waals surface area contributed by atoms with Gasteiger partial charge in [0.2, 0.25) is 0 Å². The van der Waals surface area contributed by atoms with E-state index < -0.39 is 5.91 Å². The molecule has 1 aliphatic rings. The summed E-state index contributed by atoms with van der Waals surface area (Å²) in [6.07, 6.45) is 0. The van der Waals surface area contributed by atoms with E-state index in [1.54, 1.807) is 44.6 Å². The summed E-state index contributed by atoms with van der Waals surface area (Å²) in [4.78, 5) is 28.1. The van der Waals surface area contributed by atoms with Crippen LogP contribution >= 0.6 is 0 Å². The molecule has 168 valence electrons. The van der Waals surface area contributed by atoms with Gasteiger partial charge in [0, 0.05) is 11.8 Å². The molecule has 0 atom stereocenters. The van der Waals surface area contributed by atoms with Gasteiger partial charge in [0.15, 0.2) is 11.5 Å². The number of anilines is 1. The van der Waals surface area contributed by atoms with Crippen LogP contribution in [0.2, 0.25) is 0 Å². The lowest BCUT2D eigenvalue weighted by molar-refractivity contribution is -0.137. The largest absolute Gasteiger partial charge is 0.497 e. The fourth-order valence-corrected chi connectivity index (χ4v) is 3.68. The van der Waals surface area contributed by atoms with Gasteiger partial charge in [-0.1, -0.05) is 42.5 Å². The van der Waals surface area contributed by atoms with E-state index in [9.17, 15) is 9.59 Å². The number of nitrogens with zero attached hydrogens (tertiary/aromatic N) is 1. The van der Waals surface area contributed by atoms with E-state index in [2.05, 4.69) is 5.32 Å². The zero-order valence-corrected chi connectivity index (χ0v) is 18.6. The first-order valence-corrected chi connectivity index (χ1v) is 10.3. The van der Waals surface area contributed by atoms with E-state index in [1.165, 1.54) is 12.0 Å². The van der Waals surface area contributed by atoms with Gasteiger partial charge in [0.1, 0.15) is 11.4 Å². The molecule has 0 radical (unpaired) electrons. The first-order valence-electron chi connectivity index (χ1n) is 10.3. The number of hydrogen-bond donors (Lipinski definition) is 1. The van der Waals surface area contributed by atoms with Crippen molar-refractivity contribution in [2.75, 3.05) is 26.6 Å². The molecular formula is C26H24N2O5. The third-order valence-corrected chi connectivity index (χ3v) is 5.38. The van der Waals surface area contributed by atoms with Crippen molar-refractivity contribution in [1.82, 2.24) is 4.90 Å². The Bertz CT molecular complexity index is 1200. The summed E-state index contributed by atoms with van der Waals surface area (Å²) < 4.78 is 15.8. The predicted octanol–water partition coefficient (Wildman–Crippen LogP) is 4.10. The zero-order chi connectivity index (χ0) is 23.4. The highest BCUT2D eigenvalue weighted by molar-refractivity contribution is 6.36. The van der Waals surface area contributed by atoms with Crippen molar-refractivity contribution in [3.8, 4) is 17.2 Å². The van der Waals surface area contributed by atoms with Gasteiger partial charge in [-0.2, -0.15) is 0 Å². The van der Waals surface area contributed by atoms with Crippen molar-refractivity contribution >= 4 is 23.1 Å². The lowest BCUT2D eigenvalue weighted by Crippen LogP contribution is -2.32. The number of amides is 2. The number of benzene rings is 3. The molecule has 4 rings (SSSR count). The van der Waals surface area contributed by atoms with Gasteiger partial charge in [-0.25, -0.2) is 0 Å². The second-order valence-electron chi connectivity index (χ2n) is 7.36. The summed E-state index contributed by atoms with van der Waals surface area (Å²) in [5.41, 5.74) is 2.62. The molecule has 33 heavy (non-hydrogen) atoms. The van der Waals surface area contributed by atoms with Gasteiger partial charge < -0.3 is 19.5 Å². The van der Waals surface area contributed by atoms with Crippen LogP contribution in [0, 0.1) is 0 Å². The Labute approximate surface area is 192 Å². The standard InChI is InChI=1S/C26H24N2O5/c1-31-20-12-9-17(10-13-20)16-28-25(29)23(18-7-5-4-6-8-18)24(26(28)30)27-19-11-14-21(32-2)22(15-19)33-3/h4-15,27H,16H2,1-3H3. The van der Waals surface area contributed by atoms with Gasteiger partial charge in [-0.15, -0.1) is 0 Å². The number of ether oxygens (including phenoxy) is 3. The maximum absolute atomic E-state index is 13.4. The van der Waals surface area contributed by atoms with Crippen LogP contribution in [0.5, 0.6) is 17.2 Å². The van der Waals surface area contributed by atoms with Crippen LogP contribution in [0.4, 0.5) is 5.69 Å². The Morgan fingerprint density at radius 2 is 1.45 bits per heavy atom. The lowest BCUT2D eigenvalue weighted by Gasteiger charge is -2.16. The monoisotopic (exact) mass is 444 g/mol. The molecule has 1 N–H and O–H groups in total. The highest BCUT2D eigenvalue weighted by Gasteiger charge is 2.39. The first kappa shape index (κ1) is 22.0. The lowest BCUT2D eigenvalue weighted by atomic mass is 10.0. The van der Waals surface area contributed by atoms with Gasteiger partial charge in [0.05, 0.1) is 33.4 Å². The summed E-state index contributed by atoms with van der Waals surface area (Å²) in [5.74, 6) is 1.03. The number of carbonyl (C=O) groups excluding carboxylic acids is 2. The number of rotatable bonds is 8. The average molecular weight is 444 g/mol. The van der Waals surface area contributed by atoms with Crippen molar-refractivity contribution in [3.63, 3.8) is 0 Å². The Morgan fingerprint density at radius 1 is 0.758 bits per heavy atom. The van der Waals surface area contributed by atoms with E-state index in [4.69, 9.17) is 14.2 Å². The van der Waals surface area contributed by atoms with Crippen molar-refractivity contribution in [3.05, 3.63) is 89.6 Å². The number of hydrogen-bond acceptors (Lipinski definition) is 6. The molecule has 3 aromatic rings. The van der Waals surface area contributed by atoms with Crippen LogP contribution < -0.4 is 19.5 Å². The maximum atomic E-state index is 13.4. The van der Waals surface area contributed by atoms with Crippen molar-refractivity contribution in [2.24, 2.45) is 0 Å². The quantitative estimate of drug-likeness (QED) is 0.527. The summed E-state index contributed by atoms with van der Waals surface area (Å²) >= 11 is 0. The van der Waals surface area contributed by atoms with Crippen LogP contribution in [-0.4, -0.2) is 38.0 Å². The smallest absolute Gasteiger partial charge is 0.278 e. The second-order valence-corrected chi connectivity index (χ2v) is 7.36. The molecule has 0 unspecified atom stereocenters. The molecule has 0 aliphatic carbocycles. The van der Waals surface area contributed by atoms with E-state index >= 15 is 0 Å². The third kappa shape index (κ3) is 4.39. The van der Waals surface area contributed by atoms with Crippen LogP contribution in [0.1, 0.15) is 11.1 Å². The molecule has 0 saturated heterocycles. The molecule has 0 fully saturated rings. The molecule has 0 aromatic heterocycles. The SMILES string of the molecule is COc1ccc(CN2C(=O)C(Nc3ccc(OC)c(OC)c3)=C(c3ccccc3)C2=O)cc1. The average Bonchev–Trinajstić information content (AvgIpc) is 3.09. The van der Waals surface area contributed by atoms with Crippen LogP contribution in [0.3, 0.4) is 0 Å². The Kier molecular flexibility index (Phi) is 6.31. The number of nitrogens with one attached hydrogen (secondary N) is 1. The predicted molar refractivity (Wildman–Crippen MR) is 125 cm³/mol. The van der Waals surface area contributed by atoms with Crippen LogP contribution in [0.25, 0.3) is 5.57 Å². The summed E-state index contributed by atoms with van der Waals surface area (Å²) in [7, 11) is 4.68. The normalized spacial score (nSPS) is 13.4. The maximum Gasteiger partial charge on any atom is 0.278 e. The van der Waals surface area contributed by atoms with Gasteiger partial charge in [0.25, 0.3) is 11.8 Å². The topological polar surface area (TPSA) is 77.1 Å². The molecular weight excluding hydrogens is 420 g/mol. The highest BCUT2D eigenvalue weighted by Crippen LogP contribution is 2.34. The van der Waals surface area contributed by atoms with Crippen molar-refractivity contribution in [2.45, 2.75) is 6.54 Å². The van der Waals surface area contributed by atoms with Gasteiger partial charge in [-0.05, 0) is 35.4 Å². The van der Waals surface area contributed by atoms with Crippen LogP contribution in [0.15, 0.2) is 78.5 Å².